The van der Waals surface area contributed by atoms with E-state index in [1.54, 1.807) is 47.1 Å². The van der Waals surface area contributed by atoms with Crippen molar-refractivity contribution >= 4 is 40.5 Å². The Morgan fingerprint density at radius 1 is 1.06 bits per heavy atom. The molecule has 1 N–H and O–H groups in total. The van der Waals surface area contributed by atoms with Crippen molar-refractivity contribution in [3.05, 3.63) is 92.5 Å². The van der Waals surface area contributed by atoms with Crippen LogP contribution in [0.2, 0.25) is 10.0 Å². The topological polar surface area (TPSA) is 112 Å². The van der Waals surface area contributed by atoms with Gasteiger partial charge in [-0.3, -0.25) is 14.9 Å². The number of aromatic nitrogens is 3. The zero-order valence-corrected chi connectivity index (χ0v) is 20.1. The fourth-order valence-corrected chi connectivity index (χ4v) is 3.50. The monoisotopic (exact) mass is 511 g/mol. The molecular formula is C24H19Cl2N5O4. The van der Waals surface area contributed by atoms with Gasteiger partial charge in [0, 0.05) is 28.9 Å². The number of nitro benzene ring substituents is 1. The van der Waals surface area contributed by atoms with Crippen molar-refractivity contribution in [2.75, 3.05) is 5.32 Å². The Labute approximate surface area is 210 Å². The van der Waals surface area contributed by atoms with Gasteiger partial charge in [-0.05, 0) is 62.4 Å². The van der Waals surface area contributed by atoms with E-state index in [4.69, 9.17) is 27.9 Å². The summed E-state index contributed by atoms with van der Waals surface area (Å²) < 4.78 is 7.28. The fourth-order valence-electron chi connectivity index (χ4n) is 3.21. The minimum Gasteiger partial charge on any atom is -0.460 e. The molecule has 178 valence electrons. The summed E-state index contributed by atoms with van der Waals surface area (Å²) in [6.07, 6.45) is -0.126. The standard InChI is InChI=1S/C24H19Cl2N5O4/c1-14(2)35-24-28-22(15-6-11-20(25)21(26)13-15)30(29-24)18-9-7-17(8-10-18)27-23(32)16-4-3-5-19(12-16)31(33)34/h3-14H,1-2H3,(H,27,32). The van der Waals surface area contributed by atoms with Crippen molar-refractivity contribution in [2.45, 2.75) is 20.0 Å². The van der Waals surface area contributed by atoms with E-state index >= 15 is 0 Å². The maximum atomic E-state index is 12.5. The molecule has 0 bridgehead atoms. The predicted molar refractivity (Wildman–Crippen MR) is 134 cm³/mol. The lowest BCUT2D eigenvalue weighted by atomic mass is 10.2. The lowest BCUT2D eigenvalue weighted by Gasteiger charge is -2.09. The quantitative estimate of drug-likeness (QED) is 0.234. The highest BCUT2D eigenvalue weighted by Gasteiger charge is 2.17. The number of anilines is 1. The molecule has 0 aliphatic carbocycles. The predicted octanol–water partition coefficient (Wildman–Crippen LogP) is 6.19. The molecule has 0 aliphatic heterocycles. The molecule has 4 aromatic rings. The van der Waals surface area contributed by atoms with Crippen LogP contribution in [-0.2, 0) is 0 Å². The van der Waals surface area contributed by atoms with Gasteiger partial charge in [0.1, 0.15) is 0 Å². The van der Waals surface area contributed by atoms with Gasteiger partial charge in [-0.1, -0.05) is 29.3 Å². The molecule has 4 rings (SSSR count). The van der Waals surface area contributed by atoms with Crippen molar-refractivity contribution in [1.82, 2.24) is 14.8 Å². The highest BCUT2D eigenvalue weighted by atomic mass is 35.5. The minimum absolute atomic E-state index is 0.126. The van der Waals surface area contributed by atoms with Crippen molar-refractivity contribution in [1.29, 1.82) is 0 Å². The first-order chi connectivity index (χ1) is 16.7. The van der Waals surface area contributed by atoms with E-state index in [1.807, 2.05) is 13.8 Å². The SMILES string of the molecule is CC(C)Oc1nc(-c2ccc(Cl)c(Cl)c2)n(-c2ccc(NC(=O)c3cccc([N+](=O)[O-])c3)cc2)n1. The van der Waals surface area contributed by atoms with Crippen LogP contribution in [-0.4, -0.2) is 31.7 Å². The van der Waals surface area contributed by atoms with Crippen molar-refractivity contribution in [3.8, 4) is 23.1 Å². The van der Waals surface area contributed by atoms with Gasteiger partial charge in [0.2, 0.25) is 0 Å². The van der Waals surface area contributed by atoms with Gasteiger partial charge in [0.15, 0.2) is 5.82 Å². The summed E-state index contributed by atoms with van der Waals surface area (Å²) in [7, 11) is 0. The van der Waals surface area contributed by atoms with Gasteiger partial charge >= 0.3 is 6.01 Å². The van der Waals surface area contributed by atoms with Crippen LogP contribution in [0.3, 0.4) is 0 Å². The average molecular weight is 512 g/mol. The lowest BCUT2D eigenvalue weighted by molar-refractivity contribution is -0.384. The van der Waals surface area contributed by atoms with E-state index in [1.165, 1.54) is 24.3 Å². The maximum absolute atomic E-state index is 12.5. The second-order valence-corrected chi connectivity index (χ2v) is 8.55. The first-order valence-corrected chi connectivity index (χ1v) is 11.2. The van der Waals surface area contributed by atoms with Crippen LogP contribution in [0.1, 0.15) is 24.2 Å². The first kappa shape index (κ1) is 24.2. The Kier molecular flexibility index (Phi) is 6.99. The molecular weight excluding hydrogens is 493 g/mol. The van der Waals surface area contributed by atoms with Crippen LogP contribution in [0, 0.1) is 10.1 Å². The van der Waals surface area contributed by atoms with E-state index in [0.29, 0.717) is 32.8 Å². The van der Waals surface area contributed by atoms with Crippen molar-refractivity contribution in [2.24, 2.45) is 0 Å². The zero-order valence-electron chi connectivity index (χ0n) is 18.6. The van der Waals surface area contributed by atoms with Gasteiger partial charge in [0.25, 0.3) is 11.6 Å². The number of halogens is 2. The van der Waals surface area contributed by atoms with Gasteiger partial charge in [-0.25, -0.2) is 4.68 Å². The third kappa shape index (κ3) is 5.59. The largest absolute Gasteiger partial charge is 0.460 e. The molecule has 1 heterocycles. The summed E-state index contributed by atoms with van der Waals surface area (Å²) in [5.74, 6) is 0.0268. The molecule has 0 saturated heterocycles. The Morgan fingerprint density at radius 3 is 2.46 bits per heavy atom. The van der Waals surface area contributed by atoms with Crippen LogP contribution in [0.15, 0.2) is 66.7 Å². The van der Waals surface area contributed by atoms with E-state index in [9.17, 15) is 14.9 Å². The highest BCUT2D eigenvalue weighted by Crippen LogP contribution is 2.30. The first-order valence-electron chi connectivity index (χ1n) is 10.5. The van der Waals surface area contributed by atoms with E-state index in [2.05, 4.69) is 15.4 Å². The molecule has 0 saturated carbocycles. The van der Waals surface area contributed by atoms with Crippen LogP contribution in [0.5, 0.6) is 6.01 Å². The summed E-state index contributed by atoms with van der Waals surface area (Å²) in [5, 5.41) is 19.0. The summed E-state index contributed by atoms with van der Waals surface area (Å²) in [5.41, 5.74) is 1.87. The molecule has 9 nitrogen and oxygen atoms in total. The summed E-state index contributed by atoms with van der Waals surface area (Å²) in [4.78, 5) is 27.5. The van der Waals surface area contributed by atoms with Crippen molar-refractivity contribution in [3.63, 3.8) is 0 Å². The number of hydrogen-bond donors (Lipinski definition) is 1. The van der Waals surface area contributed by atoms with Crippen molar-refractivity contribution < 1.29 is 14.5 Å². The Morgan fingerprint density at radius 2 is 1.80 bits per heavy atom. The molecule has 0 fully saturated rings. The third-order valence-electron chi connectivity index (χ3n) is 4.80. The van der Waals surface area contributed by atoms with Gasteiger partial charge in [-0.15, -0.1) is 5.10 Å². The number of nitrogens with zero attached hydrogens (tertiary/aromatic N) is 4. The van der Waals surface area contributed by atoms with Gasteiger partial charge in [-0.2, -0.15) is 4.98 Å². The highest BCUT2D eigenvalue weighted by molar-refractivity contribution is 6.42. The Bertz CT molecular complexity index is 1400. The number of hydrogen-bond acceptors (Lipinski definition) is 6. The van der Waals surface area contributed by atoms with Crippen LogP contribution in [0.25, 0.3) is 17.1 Å². The number of benzene rings is 3. The maximum Gasteiger partial charge on any atom is 0.336 e. The second kappa shape index (κ2) is 10.1. The number of non-ortho nitro benzene ring substituents is 1. The molecule has 0 atom stereocenters. The molecule has 1 aromatic heterocycles. The fraction of sp³-hybridized carbons (Fsp3) is 0.125. The Hall–Kier alpha value is -3.95. The molecule has 1 amide bonds. The van der Waals surface area contributed by atoms with E-state index in [-0.39, 0.29) is 23.4 Å². The number of rotatable bonds is 7. The van der Waals surface area contributed by atoms with E-state index in [0.717, 1.165) is 0 Å². The normalized spacial score (nSPS) is 10.9. The molecule has 0 spiro atoms. The van der Waals surface area contributed by atoms with Crippen LogP contribution >= 0.6 is 23.2 Å². The summed E-state index contributed by atoms with van der Waals surface area (Å²) in [6, 6.07) is 17.7. The molecule has 0 aliphatic rings. The van der Waals surface area contributed by atoms with Gasteiger partial charge in [0.05, 0.1) is 26.8 Å². The summed E-state index contributed by atoms with van der Waals surface area (Å²) in [6.45, 7) is 3.75. The third-order valence-corrected chi connectivity index (χ3v) is 5.53. The van der Waals surface area contributed by atoms with E-state index < -0.39 is 10.8 Å². The zero-order chi connectivity index (χ0) is 25.1. The average Bonchev–Trinajstić information content (AvgIpc) is 3.24. The second-order valence-electron chi connectivity index (χ2n) is 7.73. The molecule has 11 heteroatoms. The number of carbonyl (C=O) groups excluding carboxylic acids is 1. The smallest absolute Gasteiger partial charge is 0.336 e. The van der Waals surface area contributed by atoms with Gasteiger partial charge < -0.3 is 10.1 Å². The Balaban J connectivity index is 1.62. The number of ether oxygens (including phenoxy) is 1. The molecule has 3 aromatic carbocycles. The number of amides is 1. The lowest BCUT2D eigenvalue weighted by Crippen LogP contribution is -2.12. The number of nitro groups is 1. The van der Waals surface area contributed by atoms with Crippen LogP contribution in [0.4, 0.5) is 11.4 Å². The molecule has 35 heavy (non-hydrogen) atoms. The number of nitrogens with one attached hydrogen (secondary N) is 1. The molecule has 0 radical (unpaired) electrons. The van der Waals surface area contributed by atoms with Crippen LogP contribution < -0.4 is 10.1 Å². The number of carbonyl (C=O) groups is 1. The summed E-state index contributed by atoms with van der Waals surface area (Å²) >= 11 is 12.3. The minimum atomic E-state index is -0.549. The molecule has 0 unspecified atom stereocenters.